The number of rotatable bonds is 2. The van der Waals surface area contributed by atoms with E-state index >= 15 is 0 Å². The van der Waals surface area contributed by atoms with Crippen LogP contribution in [0.15, 0.2) is 0 Å². The van der Waals surface area contributed by atoms with Crippen LogP contribution in [0.5, 0.6) is 0 Å². The van der Waals surface area contributed by atoms with Crippen molar-refractivity contribution >= 4 is 0 Å². The highest BCUT2D eigenvalue weighted by Crippen LogP contribution is 2.24. The molecule has 0 amide bonds. The minimum absolute atomic E-state index is 0.264. The van der Waals surface area contributed by atoms with Crippen molar-refractivity contribution in [1.29, 1.82) is 0 Å². The Bertz CT molecular complexity index is 141. The standard InChI is InChI=1S/C11H24N2/c1-11(2,3)13-10-6-4-9(8-12)5-7-10/h9-10,13H,4-8,12H2,1-3H3. The van der Waals surface area contributed by atoms with Crippen molar-refractivity contribution in [1.82, 2.24) is 5.32 Å². The molecule has 2 nitrogen and oxygen atoms in total. The SMILES string of the molecule is CC(C)(C)NC1CCC(CN)CC1. The first-order chi connectivity index (χ1) is 6.01. The van der Waals surface area contributed by atoms with E-state index in [1.165, 1.54) is 25.7 Å². The van der Waals surface area contributed by atoms with Gasteiger partial charge in [-0.15, -0.1) is 0 Å². The highest BCUT2D eigenvalue weighted by Gasteiger charge is 2.23. The minimum Gasteiger partial charge on any atom is -0.330 e. The summed E-state index contributed by atoms with van der Waals surface area (Å²) in [6.07, 6.45) is 5.23. The number of nitrogens with two attached hydrogens (primary N) is 1. The first-order valence-corrected chi connectivity index (χ1v) is 5.49. The maximum Gasteiger partial charge on any atom is 0.00990 e. The fourth-order valence-electron chi connectivity index (χ4n) is 2.15. The van der Waals surface area contributed by atoms with E-state index < -0.39 is 0 Å². The Morgan fingerprint density at radius 1 is 1.15 bits per heavy atom. The van der Waals surface area contributed by atoms with Crippen molar-refractivity contribution in [3.8, 4) is 0 Å². The first kappa shape index (κ1) is 11.0. The number of hydrogen-bond acceptors (Lipinski definition) is 2. The van der Waals surface area contributed by atoms with Crippen LogP contribution in [0, 0.1) is 5.92 Å². The lowest BCUT2D eigenvalue weighted by atomic mass is 9.85. The molecule has 1 aliphatic rings. The van der Waals surface area contributed by atoms with Gasteiger partial charge in [-0.25, -0.2) is 0 Å². The molecule has 1 saturated carbocycles. The Balaban J connectivity index is 2.25. The van der Waals surface area contributed by atoms with Crippen molar-refractivity contribution in [3.63, 3.8) is 0 Å². The third kappa shape index (κ3) is 4.10. The van der Waals surface area contributed by atoms with Crippen molar-refractivity contribution < 1.29 is 0 Å². The summed E-state index contributed by atoms with van der Waals surface area (Å²) >= 11 is 0. The predicted octanol–water partition coefficient (Wildman–Crippen LogP) is 1.89. The Morgan fingerprint density at radius 3 is 2.08 bits per heavy atom. The average molecular weight is 184 g/mol. The van der Waals surface area contributed by atoms with E-state index in [2.05, 4.69) is 26.1 Å². The molecule has 0 heterocycles. The molecule has 0 spiro atoms. The number of nitrogens with one attached hydrogen (secondary N) is 1. The van der Waals surface area contributed by atoms with E-state index in [0.29, 0.717) is 0 Å². The lowest BCUT2D eigenvalue weighted by molar-refractivity contribution is 0.253. The molecular weight excluding hydrogens is 160 g/mol. The molecule has 0 atom stereocenters. The second-order valence-electron chi connectivity index (χ2n) is 5.35. The van der Waals surface area contributed by atoms with Crippen LogP contribution >= 0.6 is 0 Å². The highest BCUT2D eigenvalue weighted by molar-refractivity contribution is 4.82. The second kappa shape index (κ2) is 4.43. The summed E-state index contributed by atoms with van der Waals surface area (Å²) in [6.45, 7) is 7.59. The zero-order chi connectivity index (χ0) is 9.90. The molecule has 0 radical (unpaired) electrons. The van der Waals surface area contributed by atoms with Crippen LogP contribution < -0.4 is 11.1 Å². The molecule has 2 heteroatoms. The maximum absolute atomic E-state index is 5.66. The summed E-state index contributed by atoms with van der Waals surface area (Å²) in [5.41, 5.74) is 5.92. The summed E-state index contributed by atoms with van der Waals surface area (Å²) < 4.78 is 0. The first-order valence-electron chi connectivity index (χ1n) is 5.49. The molecule has 0 saturated heterocycles. The summed E-state index contributed by atoms with van der Waals surface area (Å²) in [5, 5.41) is 3.66. The summed E-state index contributed by atoms with van der Waals surface area (Å²) in [6, 6.07) is 0.725. The van der Waals surface area contributed by atoms with Gasteiger partial charge in [0.05, 0.1) is 0 Å². The van der Waals surface area contributed by atoms with Gasteiger partial charge in [0.1, 0.15) is 0 Å². The van der Waals surface area contributed by atoms with Crippen LogP contribution in [-0.4, -0.2) is 18.1 Å². The number of hydrogen-bond donors (Lipinski definition) is 2. The van der Waals surface area contributed by atoms with Gasteiger partial charge in [0.15, 0.2) is 0 Å². The van der Waals surface area contributed by atoms with Gasteiger partial charge in [-0.1, -0.05) is 0 Å². The molecule has 13 heavy (non-hydrogen) atoms. The highest BCUT2D eigenvalue weighted by atomic mass is 15.0. The smallest absolute Gasteiger partial charge is 0.00990 e. The molecule has 0 bridgehead atoms. The van der Waals surface area contributed by atoms with Crippen molar-refractivity contribution in [2.75, 3.05) is 6.54 Å². The van der Waals surface area contributed by atoms with Crippen LogP contribution in [-0.2, 0) is 0 Å². The quantitative estimate of drug-likeness (QED) is 0.688. The van der Waals surface area contributed by atoms with Gasteiger partial charge in [0, 0.05) is 11.6 Å². The van der Waals surface area contributed by atoms with Crippen LogP contribution in [0.2, 0.25) is 0 Å². The van der Waals surface area contributed by atoms with Gasteiger partial charge in [-0.2, -0.15) is 0 Å². The summed E-state index contributed by atoms with van der Waals surface area (Å²) in [5.74, 6) is 0.790. The Kier molecular flexibility index (Phi) is 3.74. The fourth-order valence-corrected chi connectivity index (χ4v) is 2.15. The molecule has 0 aromatic rings. The van der Waals surface area contributed by atoms with E-state index in [0.717, 1.165) is 18.5 Å². The zero-order valence-electron chi connectivity index (χ0n) is 9.27. The monoisotopic (exact) mass is 184 g/mol. The van der Waals surface area contributed by atoms with Gasteiger partial charge in [0.25, 0.3) is 0 Å². The normalized spacial score (nSPS) is 30.5. The van der Waals surface area contributed by atoms with Gasteiger partial charge < -0.3 is 11.1 Å². The van der Waals surface area contributed by atoms with Crippen molar-refractivity contribution in [2.24, 2.45) is 11.7 Å². The minimum atomic E-state index is 0.264. The second-order valence-corrected chi connectivity index (χ2v) is 5.35. The maximum atomic E-state index is 5.66. The van der Waals surface area contributed by atoms with Crippen LogP contribution in [0.4, 0.5) is 0 Å². The summed E-state index contributed by atoms with van der Waals surface area (Å²) in [4.78, 5) is 0. The van der Waals surface area contributed by atoms with Gasteiger partial charge in [0.2, 0.25) is 0 Å². The molecule has 3 N–H and O–H groups in total. The Labute approximate surface area is 82.3 Å². The molecule has 1 aliphatic carbocycles. The lowest BCUT2D eigenvalue weighted by Gasteiger charge is -2.33. The van der Waals surface area contributed by atoms with E-state index in [9.17, 15) is 0 Å². The van der Waals surface area contributed by atoms with Gasteiger partial charge in [-0.05, 0) is 58.9 Å². The van der Waals surface area contributed by atoms with Crippen molar-refractivity contribution in [3.05, 3.63) is 0 Å². The van der Waals surface area contributed by atoms with Gasteiger partial charge in [-0.3, -0.25) is 0 Å². The van der Waals surface area contributed by atoms with E-state index in [1.54, 1.807) is 0 Å². The Hall–Kier alpha value is -0.0800. The summed E-state index contributed by atoms with van der Waals surface area (Å²) in [7, 11) is 0. The van der Waals surface area contributed by atoms with Crippen LogP contribution in [0.25, 0.3) is 0 Å². The van der Waals surface area contributed by atoms with Gasteiger partial charge >= 0.3 is 0 Å². The Morgan fingerprint density at radius 2 is 1.69 bits per heavy atom. The van der Waals surface area contributed by atoms with Crippen molar-refractivity contribution in [2.45, 2.75) is 58.0 Å². The third-order valence-corrected chi connectivity index (χ3v) is 2.82. The molecule has 1 fully saturated rings. The van der Waals surface area contributed by atoms with E-state index in [-0.39, 0.29) is 5.54 Å². The largest absolute Gasteiger partial charge is 0.330 e. The predicted molar refractivity (Wildman–Crippen MR) is 57.7 cm³/mol. The van der Waals surface area contributed by atoms with Crippen LogP contribution in [0.1, 0.15) is 46.5 Å². The van der Waals surface area contributed by atoms with E-state index in [1.807, 2.05) is 0 Å². The molecule has 78 valence electrons. The molecule has 0 unspecified atom stereocenters. The van der Waals surface area contributed by atoms with Crippen LogP contribution in [0.3, 0.4) is 0 Å². The molecule has 0 aromatic heterocycles. The molecule has 0 aliphatic heterocycles. The topological polar surface area (TPSA) is 38.0 Å². The molecule has 1 rings (SSSR count). The average Bonchev–Trinajstić information content (AvgIpc) is 2.03. The fraction of sp³-hybridized carbons (Fsp3) is 1.00. The zero-order valence-corrected chi connectivity index (χ0v) is 9.27. The third-order valence-electron chi connectivity index (χ3n) is 2.82. The lowest BCUT2D eigenvalue weighted by Crippen LogP contribution is -2.45. The molecule has 0 aromatic carbocycles. The van der Waals surface area contributed by atoms with E-state index in [4.69, 9.17) is 5.73 Å². The molecular formula is C11H24N2.